The van der Waals surface area contributed by atoms with Gasteiger partial charge in [0.05, 0.1) is 12.3 Å². The molecule has 27 heavy (non-hydrogen) atoms. The van der Waals surface area contributed by atoms with Gasteiger partial charge in [-0.05, 0) is 39.3 Å². The molecule has 0 aliphatic rings. The quantitative estimate of drug-likeness (QED) is 0.181. The molecule has 0 aliphatic heterocycles. The van der Waals surface area contributed by atoms with E-state index in [1.807, 2.05) is 13.8 Å². The first-order valence-electron chi connectivity index (χ1n) is 8.78. The summed E-state index contributed by atoms with van der Waals surface area (Å²) < 4.78 is 44.0. The zero-order chi connectivity index (χ0) is 19.4. The second-order valence-corrected chi connectivity index (χ2v) is 7.78. The van der Waals surface area contributed by atoms with Crippen molar-refractivity contribution in [1.29, 1.82) is 0 Å². The smallest absolute Gasteiger partial charge is 0.211 e. The number of hydrogen-bond acceptors (Lipinski definition) is 4. The molecule has 1 rings (SSSR count). The topological polar surface area (TPSA) is 91.8 Å². The SMILES string of the molecule is CCNC(=NCC(C)Oc1cccc(F)c1)NCCCNS(=O)(=O)CC.I. The van der Waals surface area contributed by atoms with E-state index in [0.717, 1.165) is 0 Å². The fourth-order valence-corrected chi connectivity index (χ4v) is 2.66. The lowest BCUT2D eigenvalue weighted by atomic mass is 10.3. The van der Waals surface area contributed by atoms with Crippen molar-refractivity contribution < 1.29 is 17.5 Å². The van der Waals surface area contributed by atoms with Gasteiger partial charge in [-0.25, -0.2) is 22.5 Å². The van der Waals surface area contributed by atoms with Crippen molar-refractivity contribution in [1.82, 2.24) is 15.4 Å². The number of sulfonamides is 1. The van der Waals surface area contributed by atoms with Crippen LogP contribution in [-0.4, -0.2) is 52.4 Å². The Morgan fingerprint density at radius 2 is 2.00 bits per heavy atom. The molecule has 10 heteroatoms. The third kappa shape index (κ3) is 12.0. The van der Waals surface area contributed by atoms with E-state index in [-0.39, 0.29) is 41.7 Å². The van der Waals surface area contributed by atoms with E-state index >= 15 is 0 Å². The third-order valence-electron chi connectivity index (χ3n) is 3.33. The second-order valence-electron chi connectivity index (χ2n) is 5.68. The Morgan fingerprint density at radius 3 is 2.63 bits per heavy atom. The van der Waals surface area contributed by atoms with Gasteiger partial charge in [-0.2, -0.15) is 0 Å². The van der Waals surface area contributed by atoms with E-state index in [9.17, 15) is 12.8 Å². The molecule has 1 aromatic rings. The average molecular weight is 516 g/mol. The van der Waals surface area contributed by atoms with Crippen molar-refractivity contribution >= 4 is 40.0 Å². The predicted molar refractivity (Wildman–Crippen MR) is 118 cm³/mol. The Balaban J connectivity index is 0.00000676. The first kappa shape index (κ1) is 25.9. The maximum Gasteiger partial charge on any atom is 0.211 e. The Labute approximate surface area is 178 Å². The highest BCUT2D eigenvalue weighted by Crippen LogP contribution is 2.13. The van der Waals surface area contributed by atoms with Gasteiger partial charge < -0.3 is 15.4 Å². The number of guanidine groups is 1. The zero-order valence-electron chi connectivity index (χ0n) is 16.0. The van der Waals surface area contributed by atoms with Gasteiger partial charge in [-0.3, -0.25) is 0 Å². The normalized spacial score (nSPS) is 12.8. The minimum Gasteiger partial charge on any atom is -0.489 e. The monoisotopic (exact) mass is 516 g/mol. The summed E-state index contributed by atoms with van der Waals surface area (Å²) in [5.74, 6) is 0.828. The molecule has 1 aromatic carbocycles. The summed E-state index contributed by atoms with van der Waals surface area (Å²) in [7, 11) is -3.15. The van der Waals surface area contributed by atoms with Crippen molar-refractivity contribution in [3.05, 3.63) is 30.1 Å². The van der Waals surface area contributed by atoms with Gasteiger partial charge in [0.2, 0.25) is 10.0 Å². The highest BCUT2D eigenvalue weighted by Gasteiger charge is 2.06. The number of hydrogen-bond donors (Lipinski definition) is 3. The van der Waals surface area contributed by atoms with E-state index in [4.69, 9.17) is 4.74 Å². The molecule has 1 unspecified atom stereocenters. The van der Waals surface area contributed by atoms with Gasteiger partial charge in [0, 0.05) is 25.7 Å². The van der Waals surface area contributed by atoms with Crippen molar-refractivity contribution in [2.24, 2.45) is 4.99 Å². The lowest BCUT2D eigenvalue weighted by Gasteiger charge is -2.15. The number of halogens is 2. The summed E-state index contributed by atoms with van der Waals surface area (Å²) in [6, 6.07) is 5.99. The number of aliphatic imine (C=N–C) groups is 1. The first-order valence-corrected chi connectivity index (χ1v) is 10.4. The molecular formula is C17H30FIN4O3S. The molecule has 0 aromatic heterocycles. The van der Waals surface area contributed by atoms with Crippen LogP contribution in [0, 0.1) is 5.82 Å². The van der Waals surface area contributed by atoms with E-state index in [1.54, 1.807) is 19.1 Å². The lowest BCUT2D eigenvalue weighted by Crippen LogP contribution is -2.39. The van der Waals surface area contributed by atoms with Crippen LogP contribution in [0.15, 0.2) is 29.3 Å². The van der Waals surface area contributed by atoms with Crippen LogP contribution in [0.2, 0.25) is 0 Å². The lowest BCUT2D eigenvalue weighted by molar-refractivity contribution is 0.229. The summed E-state index contributed by atoms with van der Waals surface area (Å²) in [5.41, 5.74) is 0. The largest absolute Gasteiger partial charge is 0.489 e. The van der Waals surface area contributed by atoms with Gasteiger partial charge in [-0.15, -0.1) is 24.0 Å². The molecule has 0 radical (unpaired) electrons. The molecule has 0 fully saturated rings. The van der Waals surface area contributed by atoms with Gasteiger partial charge >= 0.3 is 0 Å². The second kappa shape index (κ2) is 13.9. The van der Waals surface area contributed by atoms with Crippen LogP contribution < -0.4 is 20.1 Å². The van der Waals surface area contributed by atoms with Crippen LogP contribution in [0.1, 0.15) is 27.2 Å². The Bertz CT molecular complexity index is 674. The van der Waals surface area contributed by atoms with E-state index < -0.39 is 10.0 Å². The van der Waals surface area contributed by atoms with E-state index in [2.05, 4.69) is 20.3 Å². The van der Waals surface area contributed by atoms with Crippen LogP contribution in [0.4, 0.5) is 4.39 Å². The summed E-state index contributed by atoms with van der Waals surface area (Å²) in [5, 5.41) is 6.26. The number of rotatable bonds is 11. The van der Waals surface area contributed by atoms with Gasteiger partial charge in [-0.1, -0.05) is 6.07 Å². The molecular weight excluding hydrogens is 486 g/mol. The molecule has 0 saturated carbocycles. The van der Waals surface area contributed by atoms with Crippen LogP contribution in [0.3, 0.4) is 0 Å². The number of nitrogens with zero attached hydrogens (tertiary/aromatic N) is 1. The van der Waals surface area contributed by atoms with Crippen molar-refractivity contribution in [3.8, 4) is 5.75 Å². The Kier molecular flexibility index (Phi) is 13.4. The minimum atomic E-state index is -3.15. The summed E-state index contributed by atoms with van der Waals surface area (Å²) in [4.78, 5) is 4.43. The third-order valence-corrected chi connectivity index (χ3v) is 4.74. The molecule has 3 N–H and O–H groups in total. The molecule has 0 saturated heterocycles. The molecule has 7 nitrogen and oxygen atoms in total. The van der Waals surface area contributed by atoms with Crippen LogP contribution in [0.5, 0.6) is 5.75 Å². The van der Waals surface area contributed by atoms with E-state index in [1.165, 1.54) is 12.1 Å². The molecule has 1 atom stereocenters. The molecule has 0 spiro atoms. The van der Waals surface area contributed by atoms with Crippen LogP contribution in [0.25, 0.3) is 0 Å². The average Bonchev–Trinajstić information content (AvgIpc) is 2.59. The fraction of sp³-hybridized carbons (Fsp3) is 0.588. The molecule has 0 amide bonds. The standard InChI is InChI=1S/C17H29FN4O3S.HI/c1-4-19-17(20-10-7-11-22-26(23,24)5-2)21-13-14(3)25-16-9-6-8-15(18)12-16;/h6,8-9,12,14,22H,4-5,7,10-11,13H2,1-3H3,(H2,19,20,21);1H. The van der Waals surface area contributed by atoms with Gasteiger partial charge in [0.25, 0.3) is 0 Å². The first-order chi connectivity index (χ1) is 12.4. The predicted octanol–water partition coefficient (Wildman–Crippen LogP) is 2.10. The number of benzene rings is 1. The highest BCUT2D eigenvalue weighted by molar-refractivity contribution is 14.0. The fourth-order valence-electron chi connectivity index (χ4n) is 2.00. The van der Waals surface area contributed by atoms with Gasteiger partial charge in [0.1, 0.15) is 17.7 Å². The minimum absolute atomic E-state index is 0. The molecule has 0 heterocycles. The number of nitrogens with one attached hydrogen (secondary N) is 3. The molecule has 0 bridgehead atoms. The molecule has 0 aliphatic carbocycles. The van der Waals surface area contributed by atoms with Gasteiger partial charge in [0.15, 0.2) is 5.96 Å². The van der Waals surface area contributed by atoms with Crippen molar-refractivity contribution in [3.63, 3.8) is 0 Å². The summed E-state index contributed by atoms with van der Waals surface area (Å²) in [6.07, 6.45) is 0.419. The summed E-state index contributed by atoms with van der Waals surface area (Å²) in [6.45, 7) is 7.47. The van der Waals surface area contributed by atoms with Crippen LogP contribution >= 0.6 is 24.0 Å². The van der Waals surface area contributed by atoms with Crippen LogP contribution in [-0.2, 0) is 10.0 Å². The van der Waals surface area contributed by atoms with E-state index in [0.29, 0.717) is 44.3 Å². The maximum atomic E-state index is 13.2. The maximum absolute atomic E-state index is 13.2. The zero-order valence-corrected chi connectivity index (χ0v) is 19.1. The van der Waals surface area contributed by atoms with Crippen molar-refractivity contribution in [2.75, 3.05) is 31.9 Å². The highest BCUT2D eigenvalue weighted by atomic mass is 127. The van der Waals surface area contributed by atoms with Crippen molar-refractivity contribution in [2.45, 2.75) is 33.3 Å². The summed E-state index contributed by atoms with van der Waals surface area (Å²) >= 11 is 0. The number of ether oxygens (including phenoxy) is 1. The Morgan fingerprint density at radius 1 is 1.26 bits per heavy atom. The Hall–Kier alpha value is -1.14. The molecule has 156 valence electrons.